The minimum absolute atomic E-state index is 0.110. The molecule has 3 aromatic rings. The molecule has 26 heteroatoms. The maximum atomic E-state index is 15.3. The molecule has 17 nitrogen and oxygen atoms in total. The number of fused-ring (bicyclic) bond motifs is 2. The van der Waals surface area contributed by atoms with Crippen LogP contribution in [0.5, 0.6) is 0 Å². The molecular weight excluding hydrogens is 1220 g/mol. The van der Waals surface area contributed by atoms with Gasteiger partial charge in [0.2, 0.25) is 0 Å². The first kappa shape index (κ1) is 69.5. The number of ether oxygens (including phenoxy) is 8. The summed E-state index contributed by atoms with van der Waals surface area (Å²) in [5.41, 5.74) is -21.0. The molecule has 1 saturated heterocycles. The molecule has 18 atom stereocenters. The van der Waals surface area contributed by atoms with Crippen molar-refractivity contribution in [3.05, 3.63) is 119 Å². The summed E-state index contributed by atoms with van der Waals surface area (Å²) >= 11 is 0. The lowest BCUT2D eigenvalue weighted by molar-refractivity contribution is -0.320. The number of aliphatic hydroxyl groups excluding tert-OH is 3. The number of ketones is 2. The number of esters is 3. The largest absolute Gasteiger partial charge is 0.453 e. The first-order chi connectivity index (χ1) is 42.2. The van der Waals surface area contributed by atoms with Crippen molar-refractivity contribution in [3.63, 3.8) is 0 Å². The Hall–Kier alpha value is -5.84. The Morgan fingerprint density at radius 1 is 0.692 bits per heavy atom. The summed E-state index contributed by atoms with van der Waals surface area (Å²) in [7, 11) is 1.77. The second kappa shape index (κ2) is 23.6. The quantitative estimate of drug-likeness (QED) is 0.0379. The molecule has 2 spiro atoms. The third kappa shape index (κ3) is 10.3. The summed E-state index contributed by atoms with van der Waals surface area (Å²) in [4.78, 5) is 71.2. The van der Waals surface area contributed by atoms with Gasteiger partial charge < -0.3 is 58.3 Å². The topological polar surface area (TPSA) is 240 Å². The number of hydrogen-bond acceptors (Lipinski definition) is 17. The van der Waals surface area contributed by atoms with Gasteiger partial charge in [-0.25, -0.2) is 14.4 Å². The lowest BCUT2D eigenvalue weighted by atomic mass is 9.44. The van der Waals surface area contributed by atoms with Crippen molar-refractivity contribution in [2.75, 3.05) is 27.9 Å². The van der Waals surface area contributed by atoms with E-state index in [1.54, 1.807) is 13.8 Å². The first-order valence-corrected chi connectivity index (χ1v) is 29.7. The first-order valence-electron chi connectivity index (χ1n) is 29.7. The van der Waals surface area contributed by atoms with Crippen molar-refractivity contribution >= 4 is 29.5 Å². The smallest absolute Gasteiger partial charge is 0.432 e. The van der Waals surface area contributed by atoms with E-state index in [1.807, 2.05) is 19.9 Å². The zero-order valence-corrected chi connectivity index (χ0v) is 51.5. The molecule has 5 aliphatic carbocycles. The molecule has 9 rings (SSSR count). The normalized spacial score (nSPS) is 33.9. The number of carbonyl (C=O) groups excluding carboxylic acids is 5. The highest BCUT2D eigenvalue weighted by molar-refractivity contribution is 5.94. The summed E-state index contributed by atoms with van der Waals surface area (Å²) in [6, 6.07) is 16.8. The molecule has 5 fully saturated rings. The highest BCUT2D eigenvalue weighted by atomic mass is 19.4. The Balaban J connectivity index is 0.981. The average molecular weight is 1300 g/mol. The molecule has 6 aliphatic rings. The van der Waals surface area contributed by atoms with Gasteiger partial charge in [-0.05, 0) is 74.0 Å². The van der Waals surface area contributed by atoms with E-state index in [0.717, 1.165) is 50.2 Å². The molecule has 3 aromatic carbocycles. The zero-order valence-electron chi connectivity index (χ0n) is 51.5. The van der Waals surface area contributed by atoms with Crippen molar-refractivity contribution < 1.29 is 122 Å². The van der Waals surface area contributed by atoms with E-state index in [2.05, 4.69) is 0 Å². The summed E-state index contributed by atoms with van der Waals surface area (Å²) in [6.07, 6.45) is -29.6. The lowest BCUT2D eigenvalue weighted by Gasteiger charge is -2.61. The maximum absolute atomic E-state index is 15.3. The molecule has 0 radical (unpaired) electrons. The van der Waals surface area contributed by atoms with Crippen LogP contribution in [-0.2, 0) is 78.7 Å². The second-order valence-corrected chi connectivity index (χ2v) is 26.7. The van der Waals surface area contributed by atoms with Gasteiger partial charge in [-0.3, -0.25) is 9.59 Å². The number of halogens is 9. The van der Waals surface area contributed by atoms with E-state index in [4.69, 9.17) is 37.9 Å². The van der Waals surface area contributed by atoms with Crippen LogP contribution in [-0.4, -0.2) is 151 Å². The van der Waals surface area contributed by atoms with E-state index >= 15 is 26.3 Å². The minimum atomic E-state index is -5.59. The van der Waals surface area contributed by atoms with Gasteiger partial charge in [0.05, 0.1) is 18.8 Å². The Labute approximate surface area is 518 Å². The molecular formula is C65H75F9O17. The average Bonchev–Trinajstić information content (AvgIpc) is 1.45. The number of alkyl halides is 9. The molecule has 91 heavy (non-hydrogen) atoms. The SMILES string of the molecule is CO[C@@](C(=O)O[C@H]1[C@H](O)[C@H](O[C@H]2CC[C@]34C[C@@]35C(=CC[C@H]4C2(C)C)[C@]2(C)[C@@H](O)C(=O)[C@H]([C@H](C)CC(=O)[C@H](OC(=O)[C@](OC)(c3ccccc3)C(F)(F)F)C(C)(C)O)[C@@]2(C)C[C@@H]5O)OC[C@H]1OC(=O)[C@](OC)(c1ccccc1)C(F)(F)F)(c1ccccc1)C(F)(F)F. The van der Waals surface area contributed by atoms with Crippen LogP contribution in [0.3, 0.4) is 0 Å². The van der Waals surface area contributed by atoms with Gasteiger partial charge in [-0.15, -0.1) is 0 Å². The lowest BCUT2D eigenvalue weighted by Crippen LogP contribution is -2.63. The van der Waals surface area contributed by atoms with Gasteiger partial charge >= 0.3 is 36.4 Å². The Morgan fingerprint density at radius 3 is 1.60 bits per heavy atom. The standard InChI is InChI=1S/C65H75F9O17/c1-34(30-38(75)49(55(4,5)83)91-53(82)62(86-10,65(72,73)74)37-24-18-13-19-25-37)44-45(77)48(79)57(7)41-27-26-40-54(2,3)43(28-29-58(40)33-59(41,58)42(76)31-56(44,57)6)89-50-46(78)47(90-52(81)61(85-9,64(69,70)71)36-22-16-12-17-23-36)39(32-87-50)88-51(80)60(84-8,63(66,67)68)35-20-14-11-15-21-35/h11-25,27,34,39-40,42-44,46-50,76,78-79,83H,26,28-33H2,1-10H3/t34-,39-,40+,42+,43+,44+,46+,47-,48+,49+,50+,56-,57-,58-,59+,60-,61-,62-/m1/s1. The fraction of sp³-hybridized carbons (Fsp3) is 0.615. The monoisotopic (exact) mass is 1300 g/mol. The predicted molar refractivity (Wildman–Crippen MR) is 299 cm³/mol. The Kier molecular flexibility index (Phi) is 18.0. The summed E-state index contributed by atoms with van der Waals surface area (Å²) < 4.78 is 179. The van der Waals surface area contributed by atoms with Crippen molar-refractivity contribution in [1.82, 2.24) is 0 Å². The van der Waals surface area contributed by atoms with Crippen LogP contribution in [0.2, 0.25) is 0 Å². The van der Waals surface area contributed by atoms with Crippen molar-refractivity contribution in [2.24, 2.45) is 44.8 Å². The fourth-order valence-electron chi connectivity index (χ4n) is 16.8. The molecule has 1 heterocycles. The van der Waals surface area contributed by atoms with Crippen LogP contribution in [0.1, 0.15) is 104 Å². The highest BCUT2D eigenvalue weighted by Crippen LogP contribution is 2.87. The van der Waals surface area contributed by atoms with Gasteiger partial charge in [0.15, 0.2) is 36.2 Å². The van der Waals surface area contributed by atoms with E-state index in [1.165, 1.54) is 61.5 Å². The number of methoxy groups -OCH3 is 3. The van der Waals surface area contributed by atoms with Crippen molar-refractivity contribution in [1.29, 1.82) is 0 Å². The van der Waals surface area contributed by atoms with E-state index < -0.39 is 194 Å². The highest BCUT2D eigenvalue weighted by Gasteiger charge is 2.85. The van der Waals surface area contributed by atoms with Gasteiger partial charge in [0, 0.05) is 61.2 Å². The third-order valence-corrected chi connectivity index (χ3v) is 21.4. The van der Waals surface area contributed by atoms with Crippen molar-refractivity contribution in [2.45, 2.75) is 177 Å². The van der Waals surface area contributed by atoms with E-state index in [9.17, 15) is 57.6 Å². The number of allylic oxidation sites excluding steroid dienone is 1. The number of hydrogen-bond donors (Lipinski definition) is 4. The maximum Gasteiger partial charge on any atom is 0.432 e. The molecule has 1 aliphatic heterocycles. The number of aliphatic hydroxyl groups is 4. The van der Waals surface area contributed by atoms with Crippen LogP contribution in [0.15, 0.2) is 103 Å². The fourth-order valence-corrected chi connectivity index (χ4v) is 16.8. The summed E-state index contributed by atoms with van der Waals surface area (Å²) in [5.74, 6) is -10.8. The minimum Gasteiger partial charge on any atom is -0.453 e. The van der Waals surface area contributed by atoms with E-state index in [-0.39, 0.29) is 25.7 Å². The Morgan fingerprint density at radius 2 is 1.15 bits per heavy atom. The number of Topliss-reactive ketones (excluding diaryl/α,β-unsaturated/α-hetero) is 2. The van der Waals surface area contributed by atoms with Gasteiger partial charge in [0.1, 0.15) is 17.8 Å². The molecule has 500 valence electrons. The van der Waals surface area contributed by atoms with Crippen LogP contribution in [0.25, 0.3) is 0 Å². The van der Waals surface area contributed by atoms with Gasteiger partial charge in [-0.1, -0.05) is 137 Å². The molecule has 0 unspecified atom stereocenters. The zero-order chi connectivity index (χ0) is 67.5. The number of benzene rings is 3. The molecule has 4 saturated carbocycles. The second-order valence-electron chi connectivity index (χ2n) is 26.7. The van der Waals surface area contributed by atoms with Gasteiger partial charge in [-0.2, -0.15) is 39.5 Å². The summed E-state index contributed by atoms with van der Waals surface area (Å²) in [5, 5.41) is 48.6. The molecule has 4 N–H and O–H groups in total. The summed E-state index contributed by atoms with van der Waals surface area (Å²) in [6.45, 7) is 9.67. The molecule has 0 aromatic heterocycles. The number of rotatable bonds is 19. The van der Waals surface area contributed by atoms with Crippen LogP contribution in [0.4, 0.5) is 39.5 Å². The van der Waals surface area contributed by atoms with Crippen LogP contribution < -0.4 is 0 Å². The molecule has 0 bridgehead atoms. The van der Waals surface area contributed by atoms with E-state index in [0.29, 0.717) is 33.3 Å². The van der Waals surface area contributed by atoms with Gasteiger partial charge in [0.25, 0.3) is 16.8 Å². The van der Waals surface area contributed by atoms with Crippen LogP contribution in [0, 0.1) is 44.8 Å². The Bertz CT molecular complexity index is 3270. The third-order valence-electron chi connectivity index (χ3n) is 21.4. The predicted octanol–water partition coefficient (Wildman–Crippen LogP) is 8.98. The van der Waals surface area contributed by atoms with Crippen molar-refractivity contribution in [3.8, 4) is 0 Å². The number of carbonyl (C=O) groups is 5. The molecule has 0 amide bonds. The van der Waals surface area contributed by atoms with Crippen LogP contribution >= 0.6 is 0 Å².